The second kappa shape index (κ2) is 8.55. The van der Waals surface area contributed by atoms with Crippen molar-refractivity contribution in [2.75, 3.05) is 6.54 Å². The molecule has 0 amide bonds. The van der Waals surface area contributed by atoms with Gasteiger partial charge in [-0.25, -0.2) is 0 Å². The average Bonchev–Trinajstić information content (AvgIpc) is 2.99. The highest BCUT2D eigenvalue weighted by atomic mass is 32.1. The highest BCUT2D eigenvalue weighted by molar-refractivity contribution is 7.17. The predicted octanol–water partition coefficient (Wildman–Crippen LogP) is 6.16. The van der Waals surface area contributed by atoms with E-state index in [-0.39, 0.29) is 0 Å². The van der Waals surface area contributed by atoms with E-state index >= 15 is 0 Å². The van der Waals surface area contributed by atoms with Crippen LogP contribution < -0.4 is 5.32 Å². The molecule has 0 bridgehead atoms. The van der Waals surface area contributed by atoms with Gasteiger partial charge in [-0.1, -0.05) is 58.2 Å². The second-order valence-electron chi connectivity index (χ2n) is 5.93. The quantitative estimate of drug-likeness (QED) is 0.585. The molecule has 0 saturated carbocycles. The Bertz CT molecular complexity index is 531. The van der Waals surface area contributed by atoms with Gasteiger partial charge in [-0.3, -0.25) is 0 Å². The third-order valence-corrected chi connectivity index (χ3v) is 5.36. The Balaban J connectivity index is 2.31. The summed E-state index contributed by atoms with van der Waals surface area (Å²) in [5, 5.41) is 7.45. The van der Waals surface area contributed by atoms with Gasteiger partial charge in [-0.2, -0.15) is 0 Å². The lowest BCUT2D eigenvalue weighted by Crippen LogP contribution is -2.29. The molecule has 1 nitrogen and oxygen atoms in total. The SMILES string of the molecule is CCCCC(CC)C(NCCC)c1cccc2ccsc12. The summed E-state index contributed by atoms with van der Waals surface area (Å²) >= 11 is 1.89. The highest BCUT2D eigenvalue weighted by Gasteiger charge is 2.22. The van der Waals surface area contributed by atoms with Gasteiger partial charge in [0.15, 0.2) is 0 Å². The number of thiophene rings is 1. The van der Waals surface area contributed by atoms with Crippen LogP contribution in [0.1, 0.15) is 64.5 Å². The molecule has 2 unspecified atom stereocenters. The number of hydrogen-bond donors (Lipinski definition) is 1. The van der Waals surface area contributed by atoms with Crippen LogP contribution in [0.25, 0.3) is 10.1 Å². The van der Waals surface area contributed by atoms with E-state index < -0.39 is 0 Å². The zero-order valence-corrected chi connectivity index (χ0v) is 14.5. The second-order valence-corrected chi connectivity index (χ2v) is 6.84. The molecule has 1 heterocycles. The first kappa shape index (κ1) is 16.5. The minimum absolute atomic E-state index is 0.504. The maximum Gasteiger partial charge on any atom is 0.0390 e. The minimum atomic E-state index is 0.504. The first-order valence-electron chi connectivity index (χ1n) is 8.51. The fraction of sp³-hybridized carbons (Fsp3) is 0.579. The van der Waals surface area contributed by atoms with Crippen molar-refractivity contribution in [3.8, 4) is 0 Å². The smallest absolute Gasteiger partial charge is 0.0390 e. The van der Waals surface area contributed by atoms with Gasteiger partial charge in [-0.05, 0) is 47.7 Å². The van der Waals surface area contributed by atoms with Gasteiger partial charge in [0.2, 0.25) is 0 Å². The summed E-state index contributed by atoms with van der Waals surface area (Å²) in [5.74, 6) is 0.740. The highest BCUT2D eigenvalue weighted by Crippen LogP contribution is 2.35. The molecule has 2 atom stereocenters. The van der Waals surface area contributed by atoms with Crippen LogP contribution >= 0.6 is 11.3 Å². The zero-order chi connectivity index (χ0) is 15.1. The molecule has 0 aliphatic heterocycles. The van der Waals surface area contributed by atoms with Crippen LogP contribution in [0.4, 0.5) is 0 Å². The van der Waals surface area contributed by atoms with Gasteiger partial charge in [0.1, 0.15) is 0 Å². The summed E-state index contributed by atoms with van der Waals surface area (Å²) in [5.41, 5.74) is 1.51. The fourth-order valence-corrected chi connectivity index (χ4v) is 4.12. The Morgan fingerprint density at radius 2 is 1.95 bits per heavy atom. The molecule has 21 heavy (non-hydrogen) atoms. The average molecular weight is 304 g/mol. The zero-order valence-electron chi connectivity index (χ0n) is 13.7. The molecule has 1 aromatic heterocycles. The van der Waals surface area contributed by atoms with Crippen molar-refractivity contribution in [3.05, 3.63) is 35.2 Å². The third kappa shape index (κ3) is 4.08. The van der Waals surface area contributed by atoms with Gasteiger partial charge in [-0.15, -0.1) is 11.3 Å². The number of rotatable bonds is 9. The minimum Gasteiger partial charge on any atom is -0.310 e. The van der Waals surface area contributed by atoms with Crippen LogP contribution in [0.15, 0.2) is 29.6 Å². The standard InChI is InChI=1S/C19H29NS/c1-4-7-9-15(6-3)18(20-13-5-2)17-11-8-10-16-12-14-21-19(16)17/h8,10-12,14-15,18,20H,4-7,9,13H2,1-3H3. The topological polar surface area (TPSA) is 12.0 Å². The van der Waals surface area contributed by atoms with Gasteiger partial charge in [0.25, 0.3) is 0 Å². The molecule has 2 heteroatoms. The maximum absolute atomic E-state index is 3.83. The third-order valence-electron chi connectivity index (χ3n) is 4.38. The van der Waals surface area contributed by atoms with Crippen molar-refractivity contribution in [2.24, 2.45) is 5.92 Å². The molecule has 2 rings (SSSR count). The van der Waals surface area contributed by atoms with Crippen LogP contribution in [0, 0.1) is 5.92 Å². The Kier molecular flexibility index (Phi) is 6.72. The van der Waals surface area contributed by atoms with Crippen LogP contribution in [-0.2, 0) is 0 Å². The van der Waals surface area contributed by atoms with Gasteiger partial charge in [0, 0.05) is 10.7 Å². The largest absolute Gasteiger partial charge is 0.310 e. The van der Waals surface area contributed by atoms with E-state index in [0.717, 1.165) is 12.5 Å². The van der Waals surface area contributed by atoms with E-state index in [1.165, 1.54) is 47.8 Å². The lowest BCUT2D eigenvalue weighted by Gasteiger charge is -2.28. The number of hydrogen-bond acceptors (Lipinski definition) is 2. The first-order chi connectivity index (χ1) is 10.3. The van der Waals surface area contributed by atoms with Crippen LogP contribution in [-0.4, -0.2) is 6.54 Å². The summed E-state index contributed by atoms with van der Waals surface area (Å²) in [4.78, 5) is 0. The summed E-state index contributed by atoms with van der Waals surface area (Å²) in [6.07, 6.45) is 6.41. The van der Waals surface area contributed by atoms with Crippen LogP contribution in [0.3, 0.4) is 0 Å². The monoisotopic (exact) mass is 303 g/mol. The molecule has 2 aromatic rings. The molecule has 1 aromatic carbocycles. The van der Waals surface area contributed by atoms with E-state index in [1.807, 2.05) is 11.3 Å². The Labute approximate surface area is 133 Å². The Morgan fingerprint density at radius 3 is 2.67 bits per heavy atom. The predicted molar refractivity (Wildman–Crippen MR) is 96.2 cm³/mol. The summed E-state index contributed by atoms with van der Waals surface area (Å²) < 4.78 is 1.47. The Hall–Kier alpha value is -0.860. The van der Waals surface area contributed by atoms with Gasteiger partial charge >= 0.3 is 0 Å². The van der Waals surface area contributed by atoms with Crippen molar-refractivity contribution in [2.45, 2.75) is 58.9 Å². The number of benzene rings is 1. The van der Waals surface area contributed by atoms with Crippen molar-refractivity contribution in [1.29, 1.82) is 0 Å². The van der Waals surface area contributed by atoms with Crippen molar-refractivity contribution >= 4 is 21.4 Å². The van der Waals surface area contributed by atoms with E-state index in [0.29, 0.717) is 6.04 Å². The molecule has 0 aliphatic carbocycles. The maximum atomic E-state index is 3.83. The Morgan fingerprint density at radius 1 is 1.10 bits per heavy atom. The van der Waals surface area contributed by atoms with Gasteiger partial charge in [0.05, 0.1) is 0 Å². The number of fused-ring (bicyclic) bond motifs is 1. The lowest BCUT2D eigenvalue weighted by atomic mass is 9.86. The molecule has 0 radical (unpaired) electrons. The molecule has 0 spiro atoms. The molecule has 0 aliphatic rings. The van der Waals surface area contributed by atoms with Crippen LogP contribution in [0.5, 0.6) is 0 Å². The van der Waals surface area contributed by atoms with E-state index in [9.17, 15) is 0 Å². The fourth-order valence-electron chi connectivity index (χ4n) is 3.16. The molecular weight excluding hydrogens is 274 g/mol. The normalized spacial score (nSPS) is 14.4. The summed E-state index contributed by atoms with van der Waals surface area (Å²) in [6, 6.07) is 9.54. The van der Waals surface area contributed by atoms with E-state index in [4.69, 9.17) is 0 Å². The van der Waals surface area contributed by atoms with Crippen molar-refractivity contribution < 1.29 is 0 Å². The number of nitrogens with one attached hydrogen (secondary N) is 1. The van der Waals surface area contributed by atoms with Crippen molar-refractivity contribution in [3.63, 3.8) is 0 Å². The molecule has 116 valence electrons. The molecule has 1 N–H and O–H groups in total. The first-order valence-corrected chi connectivity index (χ1v) is 9.39. The lowest BCUT2D eigenvalue weighted by molar-refractivity contribution is 0.325. The molecule has 0 saturated heterocycles. The van der Waals surface area contributed by atoms with Crippen LogP contribution in [0.2, 0.25) is 0 Å². The van der Waals surface area contributed by atoms with Crippen molar-refractivity contribution in [1.82, 2.24) is 5.32 Å². The van der Waals surface area contributed by atoms with E-state index in [2.05, 4.69) is 55.7 Å². The van der Waals surface area contributed by atoms with Gasteiger partial charge < -0.3 is 5.32 Å². The summed E-state index contributed by atoms with van der Waals surface area (Å²) in [7, 11) is 0. The number of unbranched alkanes of at least 4 members (excludes halogenated alkanes) is 1. The summed E-state index contributed by atoms with van der Waals surface area (Å²) in [6.45, 7) is 7.99. The molecular formula is C19H29NS. The van der Waals surface area contributed by atoms with E-state index in [1.54, 1.807) is 0 Å². The molecule has 0 fully saturated rings.